The first-order valence-electron chi connectivity index (χ1n) is 7.10. The molecule has 3 nitrogen and oxygen atoms in total. The van der Waals surface area contributed by atoms with Gasteiger partial charge in [-0.1, -0.05) is 45.0 Å². The second-order valence-electron chi connectivity index (χ2n) is 5.18. The molecule has 0 aliphatic carbocycles. The molecule has 0 aliphatic heterocycles. The maximum absolute atomic E-state index is 11.7. The average molecular weight is 262 g/mol. The zero-order valence-electron chi connectivity index (χ0n) is 12.6. The van der Waals surface area contributed by atoms with Crippen molar-refractivity contribution in [2.24, 2.45) is 5.92 Å². The predicted octanol–water partition coefficient (Wildman–Crippen LogP) is 2.80. The molecule has 0 heterocycles. The molecule has 0 saturated carbocycles. The quantitative estimate of drug-likeness (QED) is 0.819. The van der Waals surface area contributed by atoms with E-state index in [4.69, 9.17) is 0 Å². The first-order valence-corrected chi connectivity index (χ1v) is 7.10. The van der Waals surface area contributed by atoms with Crippen molar-refractivity contribution >= 4 is 5.91 Å². The lowest BCUT2D eigenvalue weighted by Gasteiger charge is -2.15. The highest BCUT2D eigenvalue weighted by Crippen LogP contribution is 2.08. The van der Waals surface area contributed by atoms with Gasteiger partial charge in [0.25, 0.3) is 0 Å². The Balaban J connectivity index is 2.55. The Hall–Kier alpha value is -1.35. The summed E-state index contributed by atoms with van der Waals surface area (Å²) in [7, 11) is 2.11. The van der Waals surface area contributed by atoms with Crippen molar-refractivity contribution in [3.05, 3.63) is 35.4 Å². The van der Waals surface area contributed by atoms with E-state index in [-0.39, 0.29) is 11.8 Å². The van der Waals surface area contributed by atoms with E-state index in [1.807, 2.05) is 13.8 Å². The highest BCUT2D eigenvalue weighted by atomic mass is 16.1. The van der Waals surface area contributed by atoms with E-state index >= 15 is 0 Å². The van der Waals surface area contributed by atoms with Crippen molar-refractivity contribution < 1.29 is 4.79 Å². The van der Waals surface area contributed by atoms with Crippen LogP contribution in [-0.4, -0.2) is 24.4 Å². The van der Waals surface area contributed by atoms with Crippen LogP contribution in [0, 0.1) is 5.92 Å². The second-order valence-corrected chi connectivity index (χ2v) is 5.18. The normalized spacial score (nSPS) is 12.5. The summed E-state index contributed by atoms with van der Waals surface area (Å²) in [6, 6.07) is 8.42. The van der Waals surface area contributed by atoms with Crippen molar-refractivity contribution in [1.29, 1.82) is 0 Å². The lowest BCUT2D eigenvalue weighted by atomic mass is 10.1. The van der Waals surface area contributed by atoms with Crippen LogP contribution < -0.4 is 5.32 Å². The van der Waals surface area contributed by atoms with Crippen molar-refractivity contribution in [2.75, 3.05) is 13.6 Å². The number of nitrogens with one attached hydrogen (secondary N) is 1. The zero-order valence-corrected chi connectivity index (χ0v) is 12.6. The van der Waals surface area contributed by atoms with Crippen LogP contribution in [0.15, 0.2) is 24.3 Å². The van der Waals surface area contributed by atoms with Crippen LogP contribution in [0.3, 0.4) is 0 Å². The molecule has 0 radical (unpaired) electrons. The van der Waals surface area contributed by atoms with Gasteiger partial charge in [-0.3, -0.25) is 4.79 Å². The highest BCUT2D eigenvalue weighted by Gasteiger charge is 2.09. The summed E-state index contributed by atoms with van der Waals surface area (Å²) in [5.74, 6) is 0.230. The number of benzene rings is 1. The molecule has 1 amide bonds. The molecule has 19 heavy (non-hydrogen) atoms. The van der Waals surface area contributed by atoms with Crippen LogP contribution in [0.25, 0.3) is 0 Å². The minimum Gasteiger partial charge on any atom is -0.352 e. The maximum Gasteiger partial charge on any atom is 0.223 e. The van der Waals surface area contributed by atoms with Gasteiger partial charge in [-0.05, 0) is 31.1 Å². The first-order chi connectivity index (χ1) is 9.06. The second kappa shape index (κ2) is 7.95. The summed E-state index contributed by atoms with van der Waals surface area (Å²) in [5, 5.41) is 2.99. The van der Waals surface area contributed by atoms with E-state index in [1.54, 1.807) is 0 Å². The molecule has 0 aromatic heterocycles. The van der Waals surface area contributed by atoms with Gasteiger partial charge in [0.1, 0.15) is 0 Å². The van der Waals surface area contributed by atoms with E-state index in [0.29, 0.717) is 6.54 Å². The molecule has 1 atom stereocenters. The van der Waals surface area contributed by atoms with Gasteiger partial charge >= 0.3 is 0 Å². The molecule has 0 fully saturated rings. The first kappa shape index (κ1) is 15.7. The van der Waals surface area contributed by atoms with Crippen LogP contribution >= 0.6 is 0 Å². The molecule has 1 rings (SSSR count). The zero-order chi connectivity index (χ0) is 14.3. The third-order valence-electron chi connectivity index (χ3n) is 3.51. The van der Waals surface area contributed by atoms with Gasteiger partial charge in [0.05, 0.1) is 0 Å². The fourth-order valence-electron chi connectivity index (χ4n) is 1.81. The van der Waals surface area contributed by atoms with Gasteiger partial charge in [0, 0.05) is 19.0 Å². The van der Waals surface area contributed by atoms with Crippen LogP contribution in [0.4, 0.5) is 0 Å². The van der Waals surface area contributed by atoms with E-state index in [9.17, 15) is 4.79 Å². The molecule has 0 spiro atoms. The average Bonchev–Trinajstić information content (AvgIpc) is 2.44. The van der Waals surface area contributed by atoms with E-state index in [2.05, 4.69) is 48.5 Å². The number of carbonyl (C=O) groups excluding carboxylic acids is 1. The fraction of sp³-hybridized carbons (Fsp3) is 0.562. The van der Waals surface area contributed by atoms with E-state index < -0.39 is 0 Å². The molecule has 1 N–H and O–H groups in total. The number of hydrogen-bond donors (Lipinski definition) is 1. The molecule has 1 unspecified atom stereocenters. The number of hydrogen-bond acceptors (Lipinski definition) is 2. The van der Waals surface area contributed by atoms with Crippen LogP contribution in [0.1, 0.15) is 38.3 Å². The summed E-state index contributed by atoms with van der Waals surface area (Å²) in [6.45, 7) is 8.75. The molecule has 1 aromatic carbocycles. The van der Waals surface area contributed by atoms with Gasteiger partial charge in [-0.25, -0.2) is 0 Å². The van der Waals surface area contributed by atoms with Gasteiger partial charge in [-0.15, -0.1) is 0 Å². The lowest BCUT2D eigenvalue weighted by molar-refractivity contribution is -0.124. The van der Waals surface area contributed by atoms with E-state index in [1.165, 1.54) is 11.1 Å². The Kier molecular flexibility index (Phi) is 6.57. The largest absolute Gasteiger partial charge is 0.352 e. The molecule has 3 heteroatoms. The third kappa shape index (κ3) is 5.43. The molecule has 0 saturated heterocycles. The molecular formula is C16H26N2O. The van der Waals surface area contributed by atoms with Gasteiger partial charge in [0.15, 0.2) is 0 Å². The maximum atomic E-state index is 11.7. The summed E-state index contributed by atoms with van der Waals surface area (Å²) < 4.78 is 0. The van der Waals surface area contributed by atoms with Crippen molar-refractivity contribution in [3.8, 4) is 0 Å². The minimum absolute atomic E-state index is 0.0920. The lowest BCUT2D eigenvalue weighted by Crippen LogP contribution is -2.28. The standard InChI is InChI=1S/C16H26N2O/c1-5-13(3)16(19)17-11-14-8-7-9-15(10-14)12-18(4)6-2/h7-10,13H,5-6,11-12H2,1-4H3,(H,17,19). The van der Waals surface area contributed by atoms with Crippen molar-refractivity contribution in [2.45, 2.75) is 40.3 Å². The monoisotopic (exact) mass is 262 g/mol. The number of nitrogens with zero attached hydrogens (tertiary/aromatic N) is 1. The van der Waals surface area contributed by atoms with E-state index in [0.717, 1.165) is 19.5 Å². The Morgan fingerprint density at radius 1 is 1.32 bits per heavy atom. The molecular weight excluding hydrogens is 236 g/mol. The minimum atomic E-state index is 0.0920. The van der Waals surface area contributed by atoms with Crippen molar-refractivity contribution in [3.63, 3.8) is 0 Å². The Bertz CT molecular complexity index is 403. The SMILES string of the molecule is CCC(C)C(=O)NCc1cccc(CN(C)CC)c1. The summed E-state index contributed by atoms with van der Waals surface area (Å²) in [5.41, 5.74) is 2.46. The Labute approximate surface area is 117 Å². The predicted molar refractivity (Wildman–Crippen MR) is 79.8 cm³/mol. The number of rotatable bonds is 7. The smallest absolute Gasteiger partial charge is 0.223 e. The van der Waals surface area contributed by atoms with Crippen LogP contribution in [0.5, 0.6) is 0 Å². The number of carbonyl (C=O) groups is 1. The summed E-state index contributed by atoms with van der Waals surface area (Å²) in [4.78, 5) is 14.0. The molecule has 0 aliphatic rings. The third-order valence-corrected chi connectivity index (χ3v) is 3.51. The molecule has 0 bridgehead atoms. The summed E-state index contributed by atoms with van der Waals surface area (Å²) >= 11 is 0. The van der Waals surface area contributed by atoms with Gasteiger partial charge in [0.2, 0.25) is 5.91 Å². The van der Waals surface area contributed by atoms with Crippen molar-refractivity contribution in [1.82, 2.24) is 10.2 Å². The highest BCUT2D eigenvalue weighted by molar-refractivity contribution is 5.78. The molecule has 106 valence electrons. The van der Waals surface area contributed by atoms with Crippen LogP contribution in [-0.2, 0) is 17.9 Å². The topological polar surface area (TPSA) is 32.3 Å². The summed E-state index contributed by atoms with van der Waals surface area (Å²) in [6.07, 6.45) is 0.882. The van der Waals surface area contributed by atoms with Gasteiger partial charge < -0.3 is 10.2 Å². The van der Waals surface area contributed by atoms with Crippen LogP contribution in [0.2, 0.25) is 0 Å². The van der Waals surface area contributed by atoms with Gasteiger partial charge in [-0.2, -0.15) is 0 Å². The fourth-order valence-corrected chi connectivity index (χ4v) is 1.81. The Morgan fingerprint density at radius 3 is 2.63 bits per heavy atom. The number of amides is 1. The Morgan fingerprint density at radius 2 is 2.00 bits per heavy atom. The molecule has 1 aromatic rings.